The molecule has 0 spiro atoms. The van der Waals surface area contributed by atoms with Crippen molar-refractivity contribution in [3.8, 4) is 0 Å². The molecule has 0 saturated carbocycles. The van der Waals surface area contributed by atoms with Gasteiger partial charge in [-0.25, -0.2) is 4.39 Å². The molecular formula is C13H15BrFNO3. The lowest BCUT2D eigenvalue weighted by Gasteiger charge is -2.09. The number of aryl methyl sites for hydroxylation is 1. The van der Waals surface area contributed by atoms with E-state index in [-0.39, 0.29) is 24.7 Å². The molecule has 1 atom stereocenters. The van der Waals surface area contributed by atoms with Crippen LogP contribution in [-0.4, -0.2) is 23.5 Å². The first kappa shape index (κ1) is 15.6. The van der Waals surface area contributed by atoms with Gasteiger partial charge in [-0.3, -0.25) is 9.59 Å². The van der Waals surface area contributed by atoms with E-state index in [0.717, 1.165) is 4.47 Å². The van der Waals surface area contributed by atoms with Gasteiger partial charge in [-0.05, 0) is 30.2 Å². The van der Waals surface area contributed by atoms with Crippen molar-refractivity contribution in [3.63, 3.8) is 0 Å². The van der Waals surface area contributed by atoms with Crippen molar-refractivity contribution in [2.24, 2.45) is 5.92 Å². The zero-order chi connectivity index (χ0) is 14.4. The highest BCUT2D eigenvalue weighted by atomic mass is 79.9. The Bertz CT molecular complexity index is 479. The van der Waals surface area contributed by atoms with Gasteiger partial charge in [0, 0.05) is 17.4 Å². The van der Waals surface area contributed by atoms with E-state index >= 15 is 0 Å². The van der Waals surface area contributed by atoms with Crippen LogP contribution < -0.4 is 5.32 Å². The fourth-order valence-electron chi connectivity index (χ4n) is 1.43. The van der Waals surface area contributed by atoms with E-state index in [1.54, 1.807) is 6.07 Å². The zero-order valence-electron chi connectivity index (χ0n) is 10.5. The van der Waals surface area contributed by atoms with Gasteiger partial charge in [0.05, 0.1) is 5.92 Å². The predicted octanol–water partition coefficient (Wildman–Crippen LogP) is 2.36. The first-order valence-corrected chi connectivity index (χ1v) is 6.63. The minimum Gasteiger partial charge on any atom is -0.481 e. The summed E-state index contributed by atoms with van der Waals surface area (Å²) in [5.74, 6) is -2.17. The first-order chi connectivity index (χ1) is 8.90. The van der Waals surface area contributed by atoms with Gasteiger partial charge in [0.25, 0.3) is 0 Å². The molecule has 0 aliphatic rings. The average molecular weight is 332 g/mol. The second-order valence-electron chi connectivity index (χ2n) is 4.28. The van der Waals surface area contributed by atoms with Crippen molar-refractivity contribution in [3.05, 3.63) is 34.1 Å². The number of nitrogens with one attached hydrogen (secondary N) is 1. The van der Waals surface area contributed by atoms with Gasteiger partial charge in [0.2, 0.25) is 5.91 Å². The third-order valence-corrected chi connectivity index (χ3v) is 3.43. The molecule has 1 aromatic rings. The number of rotatable bonds is 6. The van der Waals surface area contributed by atoms with Crippen LogP contribution >= 0.6 is 15.9 Å². The van der Waals surface area contributed by atoms with Crippen molar-refractivity contribution in [2.45, 2.75) is 19.8 Å². The molecule has 0 aromatic heterocycles. The molecule has 1 rings (SSSR count). The van der Waals surface area contributed by atoms with Crippen LogP contribution in [0.15, 0.2) is 22.7 Å². The summed E-state index contributed by atoms with van der Waals surface area (Å²) in [5.41, 5.74) is 0.710. The van der Waals surface area contributed by atoms with Gasteiger partial charge in [-0.2, -0.15) is 0 Å². The molecule has 1 amide bonds. The number of aliphatic carboxylic acids is 1. The van der Waals surface area contributed by atoms with Crippen molar-refractivity contribution in [2.75, 3.05) is 6.54 Å². The second-order valence-corrected chi connectivity index (χ2v) is 5.13. The molecule has 1 aromatic carbocycles. The minimum atomic E-state index is -0.951. The summed E-state index contributed by atoms with van der Waals surface area (Å²) in [6, 6.07) is 4.30. The van der Waals surface area contributed by atoms with Crippen LogP contribution in [-0.2, 0) is 16.0 Å². The minimum absolute atomic E-state index is 0.0957. The van der Waals surface area contributed by atoms with Gasteiger partial charge < -0.3 is 10.4 Å². The molecule has 0 aliphatic heterocycles. The Morgan fingerprint density at radius 1 is 1.47 bits per heavy atom. The highest BCUT2D eigenvalue weighted by Crippen LogP contribution is 2.19. The molecule has 104 valence electrons. The summed E-state index contributed by atoms with van der Waals surface area (Å²) < 4.78 is 13.8. The summed E-state index contributed by atoms with van der Waals surface area (Å²) >= 11 is 3.29. The van der Waals surface area contributed by atoms with Crippen molar-refractivity contribution >= 4 is 27.8 Å². The molecule has 19 heavy (non-hydrogen) atoms. The number of benzene rings is 1. The Morgan fingerprint density at radius 2 is 2.16 bits per heavy atom. The number of halogens is 2. The number of hydrogen-bond donors (Lipinski definition) is 2. The number of carboxylic acid groups (broad SMARTS) is 1. The average Bonchev–Trinajstić information content (AvgIpc) is 2.36. The van der Waals surface area contributed by atoms with Gasteiger partial charge in [0.15, 0.2) is 0 Å². The number of amides is 1. The Balaban J connectivity index is 2.42. The maximum Gasteiger partial charge on any atom is 0.308 e. The number of carbonyl (C=O) groups excluding carboxylic acids is 1. The number of carboxylic acids is 1. The molecule has 0 saturated heterocycles. The second kappa shape index (κ2) is 7.23. The van der Waals surface area contributed by atoms with E-state index in [1.165, 1.54) is 19.1 Å². The van der Waals surface area contributed by atoms with E-state index in [4.69, 9.17) is 5.11 Å². The number of carbonyl (C=O) groups is 2. The summed E-state index contributed by atoms with van der Waals surface area (Å²) in [4.78, 5) is 22.1. The van der Waals surface area contributed by atoms with Crippen LogP contribution in [0.1, 0.15) is 18.9 Å². The Labute approximate surface area is 119 Å². The van der Waals surface area contributed by atoms with Crippen LogP contribution in [0.2, 0.25) is 0 Å². The van der Waals surface area contributed by atoms with Gasteiger partial charge in [-0.15, -0.1) is 0 Å². The van der Waals surface area contributed by atoms with Crippen molar-refractivity contribution < 1.29 is 19.1 Å². The first-order valence-electron chi connectivity index (χ1n) is 5.83. The molecule has 0 aliphatic carbocycles. The third kappa shape index (κ3) is 5.38. The Kier molecular flexibility index (Phi) is 5.95. The molecular weight excluding hydrogens is 317 g/mol. The fraction of sp³-hybridized carbons (Fsp3) is 0.385. The number of hydrogen-bond acceptors (Lipinski definition) is 2. The van der Waals surface area contributed by atoms with Gasteiger partial charge in [0.1, 0.15) is 5.82 Å². The quantitative estimate of drug-likeness (QED) is 0.840. The lowest BCUT2D eigenvalue weighted by atomic mass is 10.1. The predicted molar refractivity (Wildman–Crippen MR) is 72.2 cm³/mol. The molecule has 6 heteroatoms. The van der Waals surface area contributed by atoms with E-state index in [2.05, 4.69) is 21.2 Å². The lowest BCUT2D eigenvalue weighted by Crippen LogP contribution is -2.31. The van der Waals surface area contributed by atoms with Gasteiger partial charge in [-0.1, -0.05) is 22.9 Å². The monoisotopic (exact) mass is 331 g/mol. The molecule has 0 radical (unpaired) electrons. The molecule has 0 fully saturated rings. The summed E-state index contributed by atoms with van der Waals surface area (Å²) in [5, 5.41) is 11.2. The van der Waals surface area contributed by atoms with Gasteiger partial charge >= 0.3 is 5.97 Å². The third-order valence-electron chi connectivity index (χ3n) is 2.66. The normalized spacial score (nSPS) is 11.9. The molecule has 0 heterocycles. The maximum absolute atomic E-state index is 13.0. The Morgan fingerprint density at radius 3 is 2.79 bits per heavy atom. The van der Waals surface area contributed by atoms with Crippen molar-refractivity contribution in [1.82, 2.24) is 5.32 Å². The highest BCUT2D eigenvalue weighted by Gasteiger charge is 2.12. The van der Waals surface area contributed by atoms with Crippen LogP contribution in [0.3, 0.4) is 0 Å². The largest absolute Gasteiger partial charge is 0.481 e. The highest BCUT2D eigenvalue weighted by molar-refractivity contribution is 9.10. The smallest absolute Gasteiger partial charge is 0.308 e. The standard InChI is InChI=1S/C13H15BrFNO3/c1-8(13(18)19)7-16-12(17)5-2-9-6-10(15)3-4-11(9)14/h3-4,6,8H,2,5,7H2,1H3,(H,16,17)(H,18,19). The topological polar surface area (TPSA) is 66.4 Å². The van der Waals surface area contributed by atoms with E-state index in [9.17, 15) is 14.0 Å². The lowest BCUT2D eigenvalue weighted by molar-refractivity contribution is -0.141. The zero-order valence-corrected chi connectivity index (χ0v) is 12.0. The van der Waals surface area contributed by atoms with Crippen LogP contribution in [0.4, 0.5) is 4.39 Å². The fourth-order valence-corrected chi connectivity index (χ4v) is 1.87. The van der Waals surface area contributed by atoms with Crippen LogP contribution in [0, 0.1) is 11.7 Å². The van der Waals surface area contributed by atoms with E-state index in [0.29, 0.717) is 12.0 Å². The van der Waals surface area contributed by atoms with Crippen LogP contribution in [0.5, 0.6) is 0 Å². The van der Waals surface area contributed by atoms with Crippen LogP contribution in [0.25, 0.3) is 0 Å². The van der Waals surface area contributed by atoms with Crippen molar-refractivity contribution in [1.29, 1.82) is 0 Å². The molecule has 1 unspecified atom stereocenters. The Hall–Kier alpha value is -1.43. The molecule has 4 nitrogen and oxygen atoms in total. The van der Waals surface area contributed by atoms with E-state index in [1.807, 2.05) is 0 Å². The summed E-state index contributed by atoms with van der Waals surface area (Å²) in [7, 11) is 0. The maximum atomic E-state index is 13.0. The van der Waals surface area contributed by atoms with E-state index < -0.39 is 11.9 Å². The molecule has 2 N–H and O–H groups in total. The summed E-state index contributed by atoms with van der Waals surface area (Å²) in [6.45, 7) is 1.62. The SMILES string of the molecule is CC(CNC(=O)CCc1cc(F)ccc1Br)C(=O)O. The summed E-state index contributed by atoms with van der Waals surface area (Å²) in [6.07, 6.45) is 0.583. The molecule has 0 bridgehead atoms.